The van der Waals surface area contributed by atoms with Gasteiger partial charge in [-0.05, 0) is 18.5 Å². The fourth-order valence-electron chi connectivity index (χ4n) is 1.12. The van der Waals surface area contributed by atoms with E-state index in [2.05, 4.69) is 17.4 Å². The summed E-state index contributed by atoms with van der Waals surface area (Å²) in [5.74, 6) is 0. The van der Waals surface area contributed by atoms with Crippen molar-refractivity contribution >= 4 is 23.2 Å². The maximum Gasteiger partial charge on any atom is 0.0431 e. The van der Waals surface area contributed by atoms with Gasteiger partial charge in [0.1, 0.15) is 0 Å². The van der Waals surface area contributed by atoms with Gasteiger partial charge in [-0.25, -0.2) is 0 Å². The van der Waals surface area contributed by atoms with Crippen molar-refractivity contribution in [1.29, 1.82) is 0 Å². The Morgan fingerprint density at radius 2 is 2.00 bits per heavy atom. The Labute approximate surface area is 94.7 Å². The van der Waals surface area contributed by atoms with Gasteiger partial charge >= 0.3 is 0 Å². The Morgan fingerprint density at radius 1 is 1.29 bits per heavy atom. The van der Waals surface area contributed by atoms with E-state index in [0.29, 0.717) is 11.6 Å². The van der Waals surface area contributed by atoms with Crippen LogP contribution in [0.15, 0.2) is 40.9 Å². The van der Waals surface area contributed by atoms with Gasteiger partial charge in [0.15, 0.2) is 0 Å². The van der Waals surface area contributed by atoms with E-state index in [0.717, 1.165) is 13.0 Å². The lowest BCUT2D eigenvalue weighted by Gasteiger charge is -2.03. The molecule has 0 aromatic heterocycles. The average Bonchev–Trinajstić information content (AvgIpc) is 2.25. The summed E-state index contributed by atoms with van der Waals surface area (Å²) in [6.07, 6.45) is 1.01. The van der Waals surface area contributed by atoms with Crippen molar-refractivity contribution in [3.05, 3.63) is 46.5 Å². The second-order valence-electron chi connectivity index (χ2n) is 2.97. The number of halogens is 2. The second-order valence-corrected chi connectivity index (χ2v) is 3.67. The normalized spacial score (nSPS) is 11.7. The summed E-state index contributed by atoms with van der Waals surface area (Å²) in [6, 6.07) is 10.3. The van der Waals surface area contributed by atoms with Crippen molar-refractivity contribution in [2.45, 2.75) is 6.42 Å². The quantitative estimate of drug-likeness (QED) is 0.766. The van der Waals surface area contributed by atoms with Gasteiger partial charge in [0.2, 0.25) is 0 Å². The lowest BCUT2D eigenvalue weighted by atomic mass is 10.1. The summed E-state index contributed by atoms with van der Waals surface area (Å²) in [5.41, 5.74) is 2.71. The van der Waals surface area contributed by atoms with Gasteiger partial charge in [0, 0.05) is 17.1 Å². The van der Waals surface area contributed by atoms with E-state index >= 15 is 0 Å². The van der Waals surface area contributed by atoms with E-state index in [-0.39, 0.29) is 0 Å². The molecule has 0 aliphatic rings. The Balaban J connectivity index is 2.17. The van der Waals surface area contributed by atoms with E-state index in [1.807, 2.05) is 18.2 Å². The predicted octanol–water partition coefficient (Wildman–Crippen LogP) is 3.14. The molecule has 3 heteroatoms. The topological polar surface area (TPSA) is 12.0 Å². The first-order valence-electron chi connectivity index (χ1n) is 4.52. The average molecular weight is 230 g/mol. The molecule has 0 saturated carbocycles. The Morgan fingerprint density at radius 3 is 2.64 bits per heavy atom. The fraction of sp³-hybridized carbons (Fsp3) is 0.273. The molecule has 1 N–H and O–H groups in total. The van der Waals surface area contributed by atoms with Crippen LogP contribution >= 0.6 is 23.2 Å². The number of nitrogens with one attached hydrogen (secondary N) is 1. The minimum Gasteiger partial charge on any atom is -0.311 e. The third-order valence-electron chi connectivity index (χ3n) is 1.85. The van der Waals surface area contributed by atoms with Crippen LogP contribution in [0.25, 0.3) is 0 Å². The Hall–Kier alpha value is -0.500. The first-order chi connectivity index (χ1) is 6.83. The largest absolute Gasteiger partial charge is 0.311 e. The summed E-state index contributed by atoms with van der Waals surface area (Å²) < 4.78 is 0. The molecular weight excluding hydrogens is 217 g/mol. The molecule has 1 aromatic carbocycles. The standard InChI is InChI=1S/C11H13Cl2N/c12-8-11(13)9-14-7-6-10-4-2-1-3-5-10/h1-5,8,14H,6-7,9H2. The van der Waals surface area contributed by atoms with Gasteiger partial charge in [0.05, 0.1) is 0 Å². The highest BCUT2D eigenvalue weighted by molar-refractivity contribution is 6.36. The number of benzene rings is 1. The van der Waals surface area contributed by atoms with Crippen LogP contribution in [0.2, 0.25) is 0 Å². The third-order valence-corrected chi connectivity index (χ3v) is 2.46. The zero-order valence-electron chi connectivity index (χ0n) is 7.84. The molecule has 0 aliphatic carbocycles. The van der Waals surface area contributed by atoms with Crippen molar-refractivity contribution < 1.29 is 0 Å². The molecule has 0 saturated heterocycles. The highest BCUT2D eigenvalue weighted by Crippen LogP contribution is 2.01. The summed E-state index contributed by atoms with van der Waals surface area (Å²) in [7, 11) is 0. The molecule has 14 heavy (non-hydrogen) atoms. The molecule has 1 nitrogen and oxygen atoms in total. The van der Waals surface area contributed by atoms with Crippen LogP contribution in [0.1, 0.15) is 5.56 Å². The zero-order valence-corrected chi connectivity index (χ0v) is 9.35. The molecule has 1 aromatic rings. The van der Waals surface area contributed by atoms with Crippen molar-refractivity contribution in [1.82, 2.24) is 5.32 Å². The van der Waals surface area contributed by atoms with Gasteiger partial charge < -0.3 is 5.32 Å². The SMILES string of the molecule is ClC=C(Cl)CNCCc1ccccc1. The van der Waals surface area contributed by atoms with Crippen LogP contribution in [0.3, 0.4) is 0 Å². The van der Waals surface area contributed by atoms with E-state index in [9.17, 15) is 0 Å². The van der Waals surface area contributed by atoms with Crippen LogP contribution in [0.5, 0.6) is 0 Å². The molecule has 1 rings (SSSR count). The highest BCUT2D eigenvalue weighted by atomic mass is 35.5. The maximum atomic E-state index is 5.71. The molecule has 0 amide bonds. The van der Waals surface area contributed by atoms with E-state index < -0.39 is 0 Å². The molecule has 0 heterocycles. The van der Waals surface area contributed by atoms with Crippen LogP contribution in [0.4, 0.5) is 0 Å². The Kier molecular flexibility index (Phi) is 5.69. The summed E-state index contributed by atoms with van der Waals surface area (Å²) in [5, 5.41) is 3.84. The van der Waals surface area contributed by atoms with Gasteiger partial charge in [-0.1, -0.05) is 53.5 Å². The number of hydrogen-bond acceptors (Lipinski definition) is 1. The first-order valence-corrected chi connectivity index (χ1v) is 5.34. The molecular formula is C11H13Cl2N. The molecule has 0 spiro atoms. The molecule has 76 valence electrons. The fourth-order valence-corrected chi connectivity index (χ4v) is 1.30. The second kappa shape index (κ2) is 6.88. The molecule has 0 unspecified atom stereocenters. The van der Waals surface area contributed by atoms with Gasteiger partial charge in [-0.2, -0.15) is 0 Å². The maximum absolute atomic E-state index is 5.71. The molecule has 0 radical (unpaired) electrons. The van der Waals surface area contributed by atoms with E-state index in [4.69, 9.17) is 23.2 Å². The van der Waals surface area contributed by atoms with Crippen molar-refractivity contribution in [3.8, 4) is 0 Å². The summed E-state index contributed by atoms with van der Waals surface area (Å²) >= 11 is 11.1. The lowest BCUT2D eigenvalue weighted by molar-refractivity contribution is 0.740. The highest BCUT2D eigenvalue weighted by Gasteiger charge is 1.92. The molecule has 0 atom stereocenters. The monoisotopic (exact) mass is 229 g/mol. The molecule has 0 aliphatic heterocycles. The van der Waals surface area contributed by atoms with Crippen molar-refractivity contribution in [3.63, 3.8) is 0 Å². The van der Waals surface area contributed by atoms with Crippen molar-refractivity contribution in [2.75, 3.05) is 13.1 Å². The van der Waals surface area contributed by atoms with Crippen molar-refractivity contribution in [2.24, 2.45) is 0 Å². The number of rotatable bonds is 5. The smallest absolute Gasteiger partial charge is 0.0431 e. The first kappa shape index (κ1) is 11.6. The minimum absolute atomic E-state index is 0.637. The molecule has 0 bridgehead atoms. The molecule has 0 fully saturated rings. The zero-order chi connectivity index (χ0) is 10.2. The van der Waals surface area contributed by atoms with Gasteiger partial charge in [-0.15, -0.1) is 0 Å². The lowest BCUT2D eigenvalue weighted by Crippen LogP contribution is -2.18. The van der Waals surface area contributed by atoms with Gasteiger partial charge in [-0.3, -0.25) is 0 Å². The van der Waals surface area contributed by atoms with Gasteiger partial charge in [0.25, 0.3) is 0 Å². The predicted molar refractivity (Wildman–Crippen MR) is 62.8 cm³/mol. The van der Waals surface area contributed by atoms with E-state index in [1.165, 1.54) is 11.1 Å². The van der Waals surface area contributed by atoms with Crippen LogP contribution in [-0.4, -0.2) is 13.1 Å². The summed E-state index contributed by atoms with van der Waals surface area (Å²) in [6.45, 7) is 1.54. The third kappa shape index (κ3) is 4.66. The van der Waals surface area contributed by atoms with Crippen LogP contribution in [0, 0.1) is 0 Å². The van der Waals surface area contributed by atoms with E-state index in [1.54, 1.807) is 0 Å². The summed E-state index contributed by atoms with van der Waals surface area (Å²) in [4.78, 5) is 0. The van der Waals surface area contributed by atoms with Crippen LogP contribution < -0.4 is 5.32 Å². The minimum atomic E-state index is 0.637. The number of hydrogen-bond donors (Lipinski definition) is 1. The van der Waals surface area contributed by atoms with Crippen LogP contribution in [-0.2, 0) is 6.42 Å². The Bertz CT molecular complexity index is 283.